The summed E-state index contributed by atoms with van der Waals surface area (Å²) >= 11 is 0. The predicted octanol–water partition coefficient (Wildman–Crippen LogP) is 4.08. The molecule has 0 N–H and O–H groups in total. The molecule has 2 aliphatic rings. The Morgan fingerprint density at radius 2 is 2.00 bits per heavy atom. The summed E-state index contributed by atoms with van der Waals surface area (Å²) in [7, 11) is 0. The van der Waals surface area contributed by atoms with E-state index >= 15 is 0 Å². The van der Waals surface area contributed by atoms with Crippen molar-refractivity contribution in [3.05, 3.63) is 35.4 Å². The lowest BCUT2D eigenvalue weighted by molar-refractivity contribution is 0.301. The summed E-state index contributed by atoms with van der Waals surface area (Å²) in [5.74, 6) is 0.928. The second-order valence-electron chi connectivity index (χ2n) is 5.57. The van der Waals surface area contributed by atoms with E-state index < -0.39 is 0 Å². The van der Waals surface area contributed by atoms with Gasteiger partial charge in [0.2, 0.25) is 0 Å². The third-order valence-corrected chi connectivity index (χ3v) is 4.75. The lowest BCUT2D eigenvalue weighted by atomic mass is 9.73. The first-order chi connectivity index (χ1) is 7.31. The first-order valence-electron chi connectivity index (χ1n) is 6.39. The molecule has 0 amide bonds. The van der Waals surface area contributed by atoms with Gasteiger partial charge in [-0.15, -0.1) is 0 Å². The van der Waals surface area contributed by atoms with E-state index in [-0.39, 0.29) is 0 Å². The van der Waals surface area contributed by atoms with Crippen LogP contribution in [0, 0.1) is 5.92 Å². The van der Waals surface area contributed by atoms with E-state index in [4.69, 9.17) is 0 Å². The zero-order chi connectivity index (χ0) is 10.3. The van der Waals surface area contributed by atoms with Crippen molar-refractivity contribution < 1.29 is 0 Å². The first kappa shape index (κ1) is 9.45. The molecule has 0 aliphatic heterocycles. The molecule has 1 fully saturated rings. The van der Waals surface area contributed by atoms with Crippen molar-refractivity contribution in [3.63, 3.8) is 0 Å². The Labute approximate surface area is 92.7 Å². The van der Waals surface area contributed by atoms with Crippen molar-refractivity contribution in [1.29, 1.82) is 0 Å². The molecule has 2 aliphatic carbocycles. The van der Waals surface area contributed by atoms with E-state index in [9.17, 15) is 0 Å². The third-order valence-electron chi connectivity index (χ3n) is 4.75. The van der Waals surface area contributed by atoms with Gasteiger partial charge in [-0.1, -0.05) is 50.5 Å². The minimum atomic E-state index is 0.507. The Balaban J connectivity index is 2.06. The van der Waals surface area contributed by atoms with E-state index in [0.29, 0.717) is 5.41 Å². The highest BCUT2D eigenvalue weighted by Gasteiger charge is 2.42. The smallest absolute Gasteiger partial charge is 0.00411 e. The molecule has 0 bridgehead atoms. The van der Waals surface area contributed by atoms with Crippen molar-refractivity contribution in [2.24, 2.45) is 5.92 Å². The van der Waals surface area contributed by atoms with E-state index in [2.05, 4.69) is 31.2 Å². The summed E-state index contributed by atoms with van der Waals surface area (Å²) in [4.78, 5) is 0. The van der Waals surface area contributed by atoms with Gasteiger partial charge in [-0.3, -0.25) is 0 Å². The van der Waals surface area contributed by atoms with Crippen LogP contribution in [0.5, 0.6) is 0 Å². The molecule has 0 heteroatoms. The SMILES string of the molecule is C[C@]12CCCCC[C@@H]1Cc1ccccc12. The van der Waals surface area contributed by atoms with Gasteiger partial charge in [-0.25, -0.2) is 0 Å². The van der Waals surface area contributed by atoms with Crippen LogP contribution in [0.15, 0.2) is 24.3 Å². The molecule has 0 radical (unpaired) electrons. The fourth-order valence-electron chi connectivity index (χ4n) is 3.79. The summed E-state index contributed by atoms with van der Waals surface area (Å²) in [6, 6.07) is 9.14. The highest BCUT2D eigenvalue weighted by Crippen LogP contribution is 2.49. The molecule has 15 heavy (non-hydrogen) atoms. The summed E-state index contributed by atoms with van der Waals surface area (Å²) in [6.07, 6.45) is 8.54. The Morgan fingerprint density at radius 1 is 1.13 bits per heavy atom. The molecule has 0 heterocycles. The average molecular weight is 200 g/mol. The largest absolute Gasteiger partial charge is 0.0620 e. The molecule has 3 rings (SSSR count). The van der Waals surface area contributed by atoms with Crippen LogP contribution in [0.2, 0.25) is 0 Å². The molecule has 80 valence electrons. The van der Waals surface area contributed by atoms with Gasteiger partial charge in [0.15, 0.2) is 0 Å². The fraction of sp³-hybridized carbons (Fsp3) is 0.600. The van der Waals surface area contributed by atoms with Gasteiger partial charge in [0.25, 0.3) is 0 Å². The van der Waals surface area contributed by atoms with E-state index in [1.165, 1.54) is 38.5 Å². The quantitative estimate of drug-likeness (QED) is 0.592. The van der Waals surface area contributed by atoms with Crippen LogP contribution in [-0.2, 0) is 11.8 Å². The molecule has 0 unspecified atom stereocenters. The topological polar surface area (TPSA) is 0 Å². The van der Waals surface area contributed by atoms with Crippen LogP contribution in [-0.4, -0.2) is 0 Å². The maximum atomic E-state index is 2.51. The lowest BCUT2D eigenvalue weighted by Gasteiger charge is -2.31. The maximum Gasteiger partial charge on any atom is -0.00411 e. The van der Waals surface area contributed by atoms with Gasteiger partial charge in [0, 0.05) is 0 Å². The Morgan fingerprint density at radius 3 is 2.93 bits per heavy atom. The summed E-state index contributed by atoms with van der Waals surface area (Å²) in [5.41, 5.74) is 3.80. The molecule has 2 atom stereocenters. The Kier molecular flexibility index (Phi) is 2.12. The molecular formula is C15H20. The first-order valence-corrected chi connectivity index (χ1v) is 6.39. The maximum absolute atomic E-state index is 2.51. The van der Waals surface area contributed by atoms with E-state index in [1.54, 1.807) is 11.1 Å². The minimum Gasteiger partial charge on any atom is -0.0620 e. The fourth-order valence-corrected chi connectivity index (χ4v) is 3.79. The highest BCUT2D eigenvalue weighted by molar-refractivity contribution is 5.40. The van der Waals surface area contributed by atoms with Gasteiger partial charge in [-0.05, 0) is 41.7 Å². The number of fused-ring (bicyclic) bond motifs is 3. The molecular weight excluding hydrogens is 180 g/mol. The van der Waals surface area contributed by atoms with Gasteiger partial charge in [-0.2, -0.15) is 0 Å². The van der Waals surface area contributed by atoms with Gasteiger partial charge in [0.05, 0.1) is 0 Å². The zero-order valence-electron chi connectivity index (χ0n) is 9.63. The molecule has 1 aromatic rings. The average Bonchev–Trinajstić information content (AvgIpc) is 2.41. The Hall–Kier alpha value is -0.780. The molecule has 0 saturated heterocycles. The van der Waals surface area contributed by atoms with Crippen LogP contribution in [0.3, 0.4) is 0 Å². The van der Waals surface area contributed by atoms with E-state index in [0.717, 1.165) is 5.92 Å². The number of hydrogen-bond acceptors (Lipinski definition) is 0. The Bertz CT molecular complexity index is 366. The van der Waals surface area contributed by atoms with Crippen molar-refractivity contribution in [1.82, 2.24) is 0 Å². The number of hydrogen-bond donors (Lipinski definition) is 0. The summed E-state index contributed by atoms with van der Waals surface area (Å²) < 4.78 is 0. The third kappa shape index (κ3) is 1.34. The molecule has 1 saturated carbocycles. The van der Waals surface area contributed by atoms with Crippen LogP contribution in [0.4, 0.5) is 0 Å². The van der Waals surface area contributed by atoms with Crippen LogP contribution < -0.4 is 0 Å². The van der Waals surface area contributed by atoms with Crippen LogP contribution >= 0.6 is 0 Å². The van der Waals surface area contributed by atoms with Gasteiger partial charge < -0.3 is 0 Å². The van der Waals surface area contributed by atoms with Gasteiger partial charge in [0.1, 0.15) is 0 Å². The highest BCUT2D eigenvalue weighted by atomic mass is 14.5. The van der Waals surface area contributed by atoms with Crippen molar-refractivity contribution >= 4 is 0 Å². The second kappa shape index (κ2) is 3.37. The predicted molar refractivity (Wildman–Crippen MR) is 64.1 cm³/mol. The second-order valence-corrected chi connectivity index (χ2v) is 5.57. The minimum absolute atomic E-state index is 0.507. The molecule has 0 spiro atoms. The summed E-state index contributed by atoms with van der Waals surface area (Å²) in [5, 5.41) is 0. The summed E-state index contributed by atoms with van der Waals surface area (Å²) in [6.45, 7) is 2.51. The van der Waals surface area contributed by atoms with Crippen LogP contribution in [0.25, 0.3) is 0 Å². The molecule has 0 aromatic heterocycles. The van der Waals surface area contributed by atoms with Crippen molar-refractivity contribution in [2.75, 3.05) is 0 Å². The van der Waals surface area contributed by atoms with Gasteiger partial charge >= 0.3 is 0 Å². The number of rotatable bonds is 0. The molecule has 1 aromatic carbocycles. The van der Waals surface area contributed by atoms with E-state index in [1.807, 2.05) is 0 Å². The zero-order valence-corrected chi connectivity index (χ0v) is 9.63. The standard InChI is InChI=1S/C15H20/c1-15-10-6-2-3-8-13(15)11-12-7-4-5-9-14(12)15/h4-5,7,9,13H,2-3,6,8,10-11H2,1H3/t13-,15+/m1/s1. The monoisotopic (exact) mass is 200 g/mol. The lowest BCUT2D eigenvalue weighted by Crippen LogP contribution is -2.26. The normalized spacial score (nSPS) is 34.3. The van der Waals surface area contributed by atoms with Crippen LogP contribution in [0.1, 0.15) is 50.2 Å². The van der Waals surface area contributed by atoms with Crippen molar-refractivity contribution in [2.45, 2.75) is 50.9 Å². The van der Waals surface area contributed by atoms with Crippen molar-refractivity contribution in [3.8, 4) is 0 Å². The molecule has 0 nitrogen and oxygen atoms in total. The number of benzene rings is 1.